The van der Waals surface area contributed by atoms with Crippen LogP contribution in [0.4, 0.5) is 11.4 Å². The van der Waals surface area contributed by atoms with Crippen LogP contribution < -0.4 is 15.1 Å². The minimum atomic E-state index is -0.395. The molecule has 0 amide bonds. The van der Waals surface area contributed by atoms with E-state index in [0.717, 1.165) is 60.3 Å². The molecule has 0 radical (unpaired) electrons. The SMILES string of the molecule is COC(=O)c1ccccc1-n1cccc1C1C(c2ccccn2)NC(=S)N1c1ccc(N2CCC(C)CC2)c(Cl)c1. The van der Waals surface area contributed by atoms with Crippen LogP contribution in [0.25, 0.3) is 5.69 Å². The van der Waals surface area contributed by atoms with Gasteiger partial charge in [0.1, 0.15) is 6.04 Å². The second-order valence-corrected chi connectivity index (χ2v) is 11.4. The Hall–Kier alpha value is -3.88. The first kappa shape index (κ1) is 27.3. The number of methoxy groups -OCH3 is 1. The first-order chi connectivity index (χ1) is 20.0. The van der Waals surface area contributed by atoms with Crippen molar-refractivity contribution in [2.45, 2.75) is 31.8 Å². The van der Waals surface area contributed by atoms with Gasteiger partial charge >= 0.3 is 5.97 Å². The molecule has 2 aliphatic heterocycles. The average molecular weight is 586 g/mol. The van der Waals surface area contributed by atoms with Crippen molar-refractivity contribution in [2.24, 2.45) is 5.92 Å². The maximum Gasteiger partial charge on any atom is 0.339 e. The number of halogens is 1. The zero-order chi connectivity index (χ0) is 28.5. The number of anilines is 2. The van der Waals surface area contributed by atoms with Gasteiger partial charge in [-0.25, -0.2) is 4.79 Å². The quantitative estimate of drug-likeness (QED) is 0.199. The smallest absolute Gasteiger partial charge is 0.339 e. The number of carbonyl (C=O) groups excluding carboxylic acids is 1. The molecule has 9 heteroatoms. The highest BCUT2D eigenvalue weighted by Crippen LogP contribution is 2.44. The number of piperidine rings is 1. The molecule has 0 bridgehead atoms. The first-order valence-corrected chi connectivity index (χ1v) is 14.6. The number of benzene rings is 2. The Balaban J connectivity index is 1.45. The van der Waals surface area contributed by atoms with Gasteiger partial charge in [0.05, 0.1) is 40.8 Å². The van der Waals surface area contributed by atoms with Crippen molar-refractivity contribution in [3.05, 3.63) is 107 Å². The monoisotopic (exact) mass is 585 g/mol. The number of esters is 1. The lowest BCUT2D eigenvalue weighted by atomic mass is 9.98. The van der Waals surface area contributed by atoms with E-state index in [2.05, 4.69) is 45.2 Å². The third-order valence-electron chi connectivity index (χ3n) is 8.08. The van der Waals surface area contributed by atoms with E-state index in [0.29, 0.717) is 15.7 Å². The van der Waals surface area contributed by atoms with E-state index in [-0.39, 0.29) is 12.1 Å². The van der Waals surface area contributed by atoms with Crippen LogP contribution in [-0.2, 0) is 4.74 Å². The third-order valence-corrected chi connectivity index (χ3v) is 8.70. The average Bonchev–Trinajstić information content (AvgIpc) is 3.62. The Morgan fingerprint density at radius 3 is 2.54 bits per heavy atom. The van der Waals surface area contributed by atoms with E-state index in [9.17, 15) is 4.79 Å². The Kier molecular flexibility index (Phi) is 7.69. The second kappa shape index (κ2) is 11.5. The molecule has 0 saturated carbocycles. The molecule has 6 rings (SSSR count). The standard InChI is InChI=1S/C32H32ClN5O2S/c1-21-14-18-36(19-15-21)27-13-12-22(20-24(27)33)38-30(29(35-32(38)41)25-9-5-6-16-34-25)28-11-7-17-37(28)26-10-4-3-8-23(26)31(39)40-2/h3-13,16-17,20-21,29-30H,14-15,18-19H2,1-2H3,(H,35,41). The molecule has 2 atom stereocenters. The van der Waals surface area contributed by atoms with Crippen molar-refractivity contribution in [2.75, 3.05) is 30.0 Å². The largest absolute Gasteiger partial charge is 0.465 e. The van der Waals surface area contributed by atoms with Gasteiger partial charge in [0.25, 0.3) is 0 Å². The number of pyridine rings is 1. The number of rotatable bonds is 6. The number of hydrogen-bond donors (Lipinski definition) is 1. The lowest BCUT2D eigenvalue weighted by Gasteiger charge is -2.33. The number of nitrogens with one attached hydrogen (secondary N) is 1. The minimum absolute atomic E-state index is 0.246. The molecule has 2 aromatic carbocycles. The van der Waals surface area contributed by atoms with E-state index in [1.165, 1.54) is 7.11 Å². The number of nitrogens with zero attached hydrogens (tertiary/aromatic N) is 4. The summed E-state index contributed by atoms with van der Waals surface area (Å²) in [4.78, 5) is 21.9. The van der Waals surface area contributed by atoms with Crippen molar-refractivity contribution in [3.63, 3.8) is 0 Å². The van der Waals surface area contributed by atoms with Crippen molar-refractivity contribution in [1.82, 2.24) is 14.9 Å². The van der Waals surface area contributed by atoms with Gasteiger partial charge in [-0.2, -0.15) is 0 Å². The molecule has 4 aromatic rings. The normalized spacial score (nSPS) is 19.3. The summed E-state index contributed by atoms with van der Waals surface area (Å²) in [7, 11) is 1.39. The molecule has 41 heavy (non-hydrogen) atoms. The highest BCUT2D eigenvalue weighted by Gasteiger charge is 2.42. The van der Waals surface area contributed by atoms with Crippen LogP contribution in [0.15, 0.2) is 85.2 Å². The zero-order valence-electron chi connectivity index (χ0n) is 23.0. The number of thiocarbonyl (C=S) groups is 1. The molecule has 2 saturated heterocycles. The zero-order valence-corrected chi connectivity index (χ0v) is 24.6. The van der Waals surface area contributed by atoms with Crippen molar-refractivity contribution in [1.29, 1.82) is 0 Å². The molecule has 4 heterocycles. The van der Waals surface area contributed by atoms with E-state index in [1.807, 2.05) is 59.3 Å². The third kappa shape index (κ3) is 5.18. The fraction of sp³-hybridized carbons (Fsp3) is 0.281. The molecule has 0 aliphatic carbocycles. The molecule has 2 fully saturated rings. The van der Waals surface area contributed by atoms with Crippen molar-refractivity contribution < 1.29 is 9.53 Å². The fourth-order valence-corrected chi connectivity index (χ4v) is 6.55. The van der Waals surface area contributed by atoms with Crippen molar-refractivity contribution in [3.8, 4) is 5.69 Å². The van der Waals surface area contributed by atoms with Gasteiger partial charge in [0.2, 0.25) is 0 Å². The van der Waals surface area contributed by atoms with Gasteiger partial charge in [-0.05, 0) is 85.6 Å². The maximum atomic E-state index is 12.7. The van der Waals surface area contributed by atoms with Crippen LogP contribution in [0.2, 0.25) is 5.02 Å². The number of para-hydroxylation sites is 1. The van der Waals surface area contributed by atoms with Gasteiger partial charge in [-0.1, -0.05) is 36.7 Å². The molecular formula is C32H32ClN5O2S. The molecule has 1 N–H and O–H groups in total. The summed E-state index contributed by atoms with van der Waals surface area (Å²) in [5.41, 5.74) is 4.94. The summed E-state index contributed by atoms with van der Waals surface area (Å²) in [6.45, 7) is 4.31. The van der Waals surface area contributed by atoms with Crippen LogP contribution in [-0.4, -0.2) is 40.8 Å². The Morgan fingerprint density at radius 2 is 1.80 bits per heavy atom. The minimum Gasteiger partial charge on any atom is -0.465 e. The van der Waals surface area contributed by atoms with Gasteiger partial charge in [-0.15, -0.1) is 0 Å². The summed E-state index contributed by atoms with van der Waals surface area (Å²) in [5.74, 6) is 0.343. The second-order valence-electron chi connectivity index (χ2n) is 10.6. The first-order valence-electron chi connectivity index (χ1n) is 13.9. The van der Waals surface area contributed by atoms with E-state index < -0.39 is 5.97 Å². The molecule has 0 spiro atoms. The van der Waals surface area contributed by atoms with Gasteiger partial charge in [0, 0.05) is 36.9 Å². The number of hydrogen-bond acceptors (Lipinski definition) is 5. The van der Waals surface area contributed by atoms with E-state index in [1.54, 1.807) is 12.3 Å². The molecule has 2 unspecified atom stereocenters. The molecule has 7 nitrogen and oxygen atoms in total. The van der Waals surface area contributed by atoms with Crippen LogP contribution in [0.5, 0.6) is 0 Å². The maximum absolute atomic E-state index is 12.7. The van der Waals surface area contributed by atoms with Gasteiger partial charge in [-0.3, -0.25) is 4.98 Å². The number of ether oxygens (including phenoxy) is 1. The molecular weight excluding hydrogens is 554 g/mol. The number of aromatic nitrogens is 2. The van der Waals surface area contributed by atoms with Crippen LogP contribution >= 0.6 is 23.8 Å². The number of carbonyl (C=O) groups is 1. The van der Waals surface area contributed by atoms with Crippen LogP contribution in [0.3, 0.4) is 0 Å². The summed E-state index contributed by atoms with van der Waals surface area (Å²) >= 11 is 12.9. The van der Waals surface area contributed by atoms with Gasteiger partial charge in [0.15, 0.2) is 5.11 Å². The fourth-order valence-electron chi connectivity index (χ4n) is 5.91. The van der Waals surface area contributed by atoms with Gasteiger partial charge < -0.3 is 24.4 Å². The molecule has 2 aliphatic rings. The summed E-state index contributed by atoms with van der Waals surface area (Å²) in [6.07, 6.45) is 6.07. The predicted octanol–water partition coefficient (Wildman–Crippen LogP) is 6.73. The predicted molar refractivity (Wildman–Crippen MR) is 167 cm³/mol. The Labute approximate surface area is 250 Å². The Morgan fingerprint density at radius 1 is 1.02 bits per heavy atom. The highest BCUT2D eigenvalue weighted by molar-refractivity contribution is 7.80. The van der Waals surface area contributed by atoms with Crippen molar-refractivity contribution >= 4 is 46.3 Å². The summed E-state index contributed by atoms with van der Waals surface area (Å²) < 4.78 is 7.12. The van der Waals surface area contributed by atoms with Crippen LogP contribution in [0.1, 0.15) is 53.6 Å². The van der Waals surface area contributed by atoms with Crippen LogP contribution in [0, 0.1) is 5.92 Å². The van der Waals surface area contributed by atoms with E-state index >= 15 is 0 Å². The lowest BCUT2D eigenvalue weighted by molar-refractivity contribution is 0.0600. The Bertz CT molecular complexity index is 1570. The van der Waals surface area contributed by atoms with E-state index in [4.69, 9.17) is 28.6 Å². The topological polar surface area (TPSA) is 62.6 Å². The summed E-state index contributed by atoms with van der Waals surface area (Å²) in [5, 5.41) is 4.80. The summed E-state index contributed by atoms with van der Waals surface area (Å²) in [6, 6.07) is 23.0. The lowest BCUT2D eigenvalue weighted by Crippen LogP contribution is -2.33. The molecule has 2 aromatic heterocycles. The molecule has 210 valence electrons. The highest BCUT2D eigenvalue weighted by atomic mass is 35.5.